The number of nitrogens with zero attached hydrogens (tertiary/aromatic N) is 4. The molecule has 2 aromatic carbocycles. The van der Waals surface area contributed by atoms with Crippen LogP contribution in [0, 0.1) is 5.92 Å². The Kier molecular flexibility index (Phi) is 5.75. The Bertz CT molecular complexity index is 1340. The van der Waals surface area contributed by atoms with Crippen molar-refractivity contribution >= 4 is 27.8 Å². The third kappa shape index (κ3) is 4.13. The van der Waals surface area contributed by atoms with E-state index in [0.29, 0.717) is 34.7 Å². The number of para-hydroxylation sites is 1. The van der Waals surface area contributed by atoms with Crippen LogP contribution < -0.4 is 0 Å². The monoisotopic (exact) mass is 466 g/mol. The number of benzene rings is 2. The van der Waals surface area contributed by atoms with E-state index in [1.54, 1.807) is 19.1 Å². The van der Waals surface area contributed by atoms with Gasteiger partial charge in [-0.15, -0.1) is 0 Å². The van der Waals surface area contributed by atoms with E-state index in [1.807, 2.05) is 51.9 Å². The number of carbonyl (C=O) groups excluding carboxylic acids is 1. The minimum absolute atomic E-state index is 0.0871. The van der Waals surface area contributed by atoms with Crippen LogP contribution in [-0.4, -0.2) is 38.4 Å². The van der Waals surface area contributed by atoms with Crippen molar-refractivity contribution < 1.29 is 18.0 Å². The minimum atomic E-state index is -4.62. The zero-order valence-electron chi connectivity index (χ0n) is 18.8. The van der Waals surface area contributed by atoms with Crippen LogP contribution in [0.2, 0.25) is 0 Å². The van der Waals surface area contributed by atoms with Crippen molar-refractivity contribution in [3.05, 3.63) is 60.3 Å². The first-order valence-electron chi connectivity index (χ1n) is 11.5. The summed E-state index contributed by atoms with van der Waals surface area (Å²) < 4.78 is 44.0. The average molecular weight is 467 g/mol. The van der Waals surface area contributed by atoms with Crippen molar-refractivity contribution in [2.24, 2.45) is 5.92 Å². The van der Waals surface area contributed by atoms with Crippen LogP contribution in [0.25, 0.3) is 33.3 Å². The predicted molar refractivity (Wildman–Crippen MR) is 125 cm³/mol. The molecule has 0 aliphatic carbocycles. The molecule has 0 saturated carbocycles. The fraction of sp³-hybridized carbons (Fsp3) is 0.346. The molecule has 1 amide bonds. The second-order valence-electron chi connectivity index (χ2n) is 8.86. The molecular formula is C26H25F3N4O. The zero-order chi connectivity index (χ0) is 23.9. The van der Waals surface area contributed by atoms with Gasteiger partial charge in [0.25, 0.3) is 0 Å². The summed E-state index contributed by atoms with van der Waals surface area (Å²) in [6.45, 7) is 3.57. The van der Waals surface area contributed by atoms with Gasteiger partial charge in [0.05, 0.1) is 11.0 Å². The Hall–Kier alpha value is -3.42. The molecule has 34 heavy (non-hydrogen) atoms. The predicted octanol–water partition coefficient (Wildman–Crippen LogP) is 5.92. The number of fused-ring (bicyclic) bond motifs is 3. The molecule has 8 heteroatoms. The fourth-order valence-corrected chi connectivity index (χ4v) is 4.91. The number of imidazole rings is 1. The number of hydrogen-bond acceptors (Lipinski definition) is 3. The molecule has 0 N–H and O–H groups in total. The number of carbonyl (C=O) groups is 1. The SMILES string of the molecule is CC(=O)N1CCC(CCn2c(-c3ccccc3)nc3c(C(F)(F)F)nc4ccccc4c32)CC1. The topological polar surface area (TPSA) is 51.0 Å². The zero-order valence-corrected chi connectivity index (χ0v) is 18.8. The molecule has 1 saturated heterocycles. The van der Waals surface area contributed by atoms with Gasteiger partial charge >= 0.3 is 6.18 Å². The first-order chi connectivity index (χ1) is 16.3. The van der Waals surface area contributed by atoms with E-state index in [0.717, 1.165) is 37.9 Å². The van der Waals surface area contributed by atoms with Gasteiger partial charge in [-0.1, -0.05) is 48.5 Å². The number of amides is 1. The van der Waals surface area contributed by atoms with Gasteiger partial charge in [0.15, 0.2) is 5.69 Å². The number of alkyl halides is 3. The van der Waals surface area contributed by atoms with Gasteiger partial charge in [0, 0.05) is 37.5 Å². The summed E-state index contributed by atoms with van der Waals surface area (Å²) in [5, 5.41) is 0.659. The Labute approximate surface area is 195 Å². The summed E-state index contributed by atoms with van der Waals surface area (Å²) in [6, 6.07) is 16.3. The van der Waals surface area contributed by atoms with Crippen molar-refractivity contribution in [1.82, 2.24) is 19.4 Å². The minimum Gasteiger partial charge on any atom is -0.343 e. The third-order valence-electron chi connectivity index (χ3n) is 6.70. The highest BCUT2D eigenvalue weighted by molar-refractivity contribution is 6.04. The summed E-state index contributed by atoms with van der Waals surface area (Å²) in [4.78, 5) is 22.0. The molecule has 1 fully saturated rings. The van der Waals surface area contributed by atoms with Gasteiger partial charge < -0.3 is 9.47 Å². The maximum atomic E-state index is 14.0. The highest BCUT2D eigenvalue weighted by Crippen LogP contribution is 2.38. The summed E-state index contributed by atoms with van der Waals surface area (Å²) in [6.07, 6.45) is -2.03. The fourth-order valence-electron chi connectivity index (χ4n) is 4.91. The lowest BCUT2D eigenvalue weighted by atomic mass is 9.93. The summed E-state index contributed by atoms with van der Waals surface area (Å²) in [5.74, 6) is 0.997. The third-order valence-corrected chi connectivity index (χ3v) is 6.70. The number of piperidine rings is 1. The normalized spacial score (nSPS) is 15.4. The number of hydrogen-bond donors (Lipinski definition) is 0. The maximum absolute atomic E-state index is 14.0. The molecule has 3 heterocycles. The van der Waals surface area contributed by atoms with Crippen LogP contribution in [0.3, 0.4) is 0 Å². The van der Waals surface area contributed by atoms with Crippen LogP contribution in [0.5, 0.6) is 0 Å². The van der Waals surface area contributed by atoms with E-state index in [2.05, 4.69) is 9.97 Å². The quantitative estimate of drug-likeness (QED) is 0.375. The number of aromatic nitrogens is 3. The second kappa shape index (κ2) is 8.74. The second-order valence-corrected chi connectivity index (χ2v) is 8.86. The Balaban J connectivity index is 1.63. The number of likely N-dealkylation sites (tertiary alicyclic amines) is 1. The number of rotatable bonds is 4. The summed E-state index contributed by atoms with van der Waals surface area (Å²) >= 11 is 0. The lowest BCUT2D eigenvalue weighted by molar-refractivity contribution is -0.139. The van der Waals surface area contributed by atoms with E-state index >= 15 is 0 Å². The number of aryl methyl sites for hydroxylation is 1. The highest BCUT2D eigenvalue weighted by atomic mass is 19.4. The molecule has 0 unspecified atom stereocenters. The van der Waals surface area contributed by atoms with E-state index in [1.165, 1.54) is 0 Å². The highest BCUT2D eigenvalue weighted by Gasteiger charge is 2.37. The Morgan fingerprint density at radius 3 is 2.35 bits per heavy atom. The van der Waals surface area contributed by atoms with E-state index in [9.17, 15) is 18.0 Å². The average Bonchev–Trinajstić information content (AvgIpc) is 3.22. The van der Waals surface area contributed by atoms with Gasteiger partial charge in [-0.2, -0.15) is 13.2 Å². The van der Waals surface area contributed by atoms with Crippen LogP contribution in [-0.2, 0) is 17.5 Å². The van der Waals surface area contributed by atoms with Crippen LogP contribution in [0.4, 0.5) is 13.2 Å². The van der Waals surface area contributed by atoms with Gasteiger partial charge in [0.2, 0.25) is 5.91 Å². The molecule has 0 bridgehead atoms. The lowest BCUT2D eigenvalue weighted by Gasteiger charge is -2.31. The number of pyridine rings is 1. The molecule has 5 nitrogen and oxygen atoms in total. The van der Waals surface area contributed by atoms with Crippen LogP contribution >= 0.6 is 0 Å². The molecule has 0 atom stereocenters. The van der Waals surface area contributed by atoms with Gasteiger partial charge in [-0.3, -0.25) is 4.79 Å². The standard InChI is InChI=1S/C26H25F3N4O/c1-17(34)32-14-11-18(12-15-32)13-16-33-23-20-9-5-6-10-21(20)30-24(26(27,28)29)22(23)31-25(33)19-7-3-2-4-8-19/h2-10,18H,11-16H2,1H3. The first kappa shape index (κ1) is 22.4. The molecule has 2 aromatic heterocycles. The molecule has 4 aromatic rings. The Morgan fingerprint density at radius 1 is 1.00 bits per heavy atom. The molecule has 0 spiro atoms. The smallest absolute Gasteiger partial charge is 0.343 e. The van der Waals surface area contributed by atoms with Gasteiger partial charge in [-0.25, -0.2) is 9.97 Å². The van der Waals surface area contributed by atoms with E-state index in [-0.39, 0.29) is 11.4 Å². The van der Waals surface area contributed by atoms with Crippen molar-refractivity contribution in [2.45, 2.75) is 38.9 Å². The van der Waals surface area contributed by atoms with Crippen molar-refractivity contribution in [2.75, 3.05) is 13.1 Å². The van der Waals surface area contributed by atoms with Crippen molar-refractivity contribution in [3.63, 3.8) is 0 Å². The molecular weight excluding hydrogens is 441 g/mol. The molecule has 176 valence electrons. The Morgan fingerprint density at radius 2 is 1.68 bits per heavy atom. The van der Waals surface area contributed by atoms with Crippen LogP contribution in [0.15, 0.2) is 54.6 Å². The summed E-state index contributed by atoms with van der Waals surface area (Å²) in [5.41, 5.74) is 0.474. The van der Waals surface area contributed by atoms with Gasteiger partial charge in [-0.05, 0) is 31.2 Å². The van der Waals surface area contributed by atoms with Crippen molar-refractivity contribution in [3.8, 4) is 11.4 Å². The first-order valence-corrected chi connectivity index (χ1v) is 11.5. The number of halogens is 3. The molecule has 1 aliphatic rings. The van der Waals surface area contributed by atoms with E-state index < -0.39 is 11.9 Å². The molecule has 1 aliphatic heterocycles. The maximum Gasteiger partial charge on any atom is 0.435 e. The van der Waals surface area contributed by atoms with Gasteiger partial charge in [0.1, 0.15) is 11.3 Å². The lowest BCUT2D eigenvalue weighted by Crippen LogP contribution is -2.37. The van der Waals surface area contributed by atoms with Crippen molar-refractivity contribution in [1.29, 1.82) is 0 Å². The van der Waals surface area contributed by atoms with Crippen LogP contribution in [0.1, 0.15) is 31.9 Å². The summed E-state index contributed by atoms with van der Waals surface area (Å²) in [7, 11) is 0. The molecule has 0 radical (unpaired) electrons. The van der Waals surface area contributed by atoms with E-state index in [4.69, 9.17) is 0 Å². The largest absolute Gasteiger partial charge is 0.435 e. The molecule has 5 rings (SSSR count).